The molecule has 0 heterocycles. The molecule has 0 aliphatic carbocycles. The summed E-state index contributed by atoms with van der Waals surface area (Å²) < 4.78 is 12.2. The van der Waals surface area contributed by atoms with E-state index in [1.165, 1.54) is 73.6 Å². The Bertz CT molecular complexity index is 806. The van der Waals surface area contributed by atoms with E-state index in [4.69, 9.17) is 8.85 Å². The first-order valence-corrected chi connectivity index (χ1v) is 15.9. The van der Waals surface area contributed by atoms with E-state index in [9.17, 15) is 5.11 Å². The molecule has 0 saturated heterocycles. The van der Waals surface area contributed by atoms with Crippen LogP contribution in [0.15, 0.2) is 42.5 Å². The minimum absolute atomic E-state index is 0.200. The molecule has 2 aromatic carbocycles. The lowest BCUT2D eigenvalue weighted by Gasteiger charge is -2.21. The summed E-state index contributed by atoms with van der Waals surface area (Å²) in [6, 6.07) is 15.8. The van der Waals surface area contributed by atoms with Crippen molar-refractivity contribution in [1.29, 1.82) is 0 Å². The van der Waals surface area contributed by atoms with Gasteiger partial charge in [0.1, 0.15) is 5.75 Å². The number of hydrogen-bond donors (Lipinski definition) is 1. The first kappa shape index (κ1) is 29.6. The van der Waals surface area contributed by atoms with Crippen LogP contribution in [0.3, 0.4) is 0 Å². The van der Waals surface area contributed by atoms with Crippen LogP contribution in [0.5, 0.6) is 5.75 Å². The van der Waals surface area contributed by atoms with Gasteiger partial charge in [-0.3, -0.25) is 0 Å². The lowest BCUT2D eigenvalue weighted by molar-refractivity contribution is 0.129. The number of phenols is 1. The first-order chi connectivity index (χ1) is 16.9. The highest BCUT2D eigenvalue weighted by atomic mass is 28.3. The maximum atomic E-state index is 10.1. The Morgan fingerprint density at radius 2 is 1.31 bits per heavy atom. The van der Waals surface area contributed by atoms with Crippen molar-refractivity contribution < 1.29 is 14.0 Å². The molecule has 0 radical (unpaired) electrons. The number of unbranched alkanes of at least 4 members (excludes halogenated alkanes) is 7. The van der Waals surface area contributed by atoms with Gasteiger partial charge in [0.25, 0.3) is 0 Å². The molecule has 0 unspecified atom stereocenters. The van der Waals surface area contributed by atoms with Gasteiger partial charge in [0.2, 0.25) is 0 Å². The molecule has 0 atom stereocenters. The second kappa shape index (κ2) is 16.9. The van der Waals surface area contributed by atoms with Crippen LogP contribution in [0.2, 0.25) is 6.04 Å². The molecule has 196 valence electrons. The van der Waals surface area contributed by atoms with Gasteiger partial charge in [-0.2, -0.15) is 0 Å². The Kier molecular flexibility index (Phi) is 14.3. The molecule has 2 rings (SSSR count). The summed E-state index contributed by atoms with van der Waals surface area (Å²) in [6.45, 7) is 10.6. The molecule has 0 aliphatic heterocycles. The molecule has 0 spiro atoms. The summed E-state index contributed by atoms with van der Waals surface area (Å²) in [7, 11) is -1.69. The second-order valence-corrected chi connectivity index (χ2v) is 12.4. The van der Waals surface area contributed by atoms with Crippen LogP contribution >= 0.6 is 0 Å². The summed E-state index contributed by atoms with van der Waals surface area (Å²) in [6.07, 6.45) is 14.4. The van der Waals surface area contributed by atoms with Gasteiger partial charge in [-0.1, -0.05) is 82.2 Å². The molecule has 0 amide bonds. The monoisotopic (exact) mass is 498 g/mol. The molecule has 4 heteroatoms. The van der Waals surface area contributed by atoms with Gasteiger partial charge in [0.05, 0.1) is 0 Å². The Balaban J connectivity index is 1.89. The zero-order chi connectivity index (χ0) is 25.5. The normalized spacial score (nSPS) is 11.8. The Morgan fingerprint density at radius 1 is 0.714 bits per heavy atom. The largest absolute Gasteiger partial charge is 0.508 e. The number of aromatic hydroxyl groups is 1. The third-order valence-corrected chi connectivity index (χ3v) is 8.98. The quantitative estimate of drug-likeness (QED) is 0.165. The predicted octanol–water partition coefficient (Wildman–Crippen LogP) is 8.75. The molecule has 2 aromatic rings. The van der Waals surface area contributed by atoms with Crippen LogP contribution in [0.1, 0.15) is 104 Å². The lowest BCUT2D eigenvalue weighted by atomic mass is 9.95. The zero-order valence-corrected chi connectivity index (χ0v) is 24.2. The summed E-state index contributed by atoms with van der Waals surface area (Å²) in [5.41, 5.74) is 5.06. The van der Waals surface area contributed by atoms with Crippen LogP contribution in [-0.4, -0.2) is 26.6 Å². The SMILES string of the molecule is CCCCCCCCCCc1ccc(-c2ccc(O)cc2CCC[SiH](OC(C)C)OC(C)C)cc1. The Hall–Kier alpha value is -1.62. The van der Waals surface area contributed by atoms with E-state index in [1.807, 2.05) is 6.07 Å². The predicted molar refractivity (Wildman–Crippen MR) is 153 cm³/mol. The highest BCUT2D eigenvalue weighted by molar-refractivity contribution is 6.44. The standard InChI is InChI=1S/C31H50O3Si/c1-6-7-8-9-10-11-12-13-15-27-17-19-28(20-18-27)31-22-21-30(32)24-29(31)16-14-23-35(33-25(2)3)34-26(4)5/h17-22,24-26,32,35H,6-16,23H2,1-5H3. The third-order valence-electron chi connectivity index (χ3n) is 6.41. The smallest absolute Gasteiger partial charge is 0.321 e. The van der Waals surface area contributed by atoms with Gasteiger partial charge in [0, 0.05) is 12.2 Å². The van der Waals surface area contributed by atoms with Crippen molar-refractivity contribution >= 4 is 9.28 Å². The summed E-state index contributed by atoms with van der Waals surface area (Å²) >= 11 is 0. The van der Waals surface area contributed by atoms with E-state index < -0.39 is 9.28 Å². The van der Waals surface area contributed by atoms with Crippen LogP contribution < -0.4 is 0 Å². The zero-order valence-electron chi connectivity index (χ0n) is 23.0. The van der Waals surface area contributed by atoms with Crippen molar-refractivity contribution in [2.24, 2.45) is 0 Å². The fraction of sp³-hybridized carbons (Fsp3) is 0.613. The van der Waals surface area contributed by atoms with Gasteiger partial charge in [-0.15, -0.1) is 0 Å². The molecule has 0 fully saturated rings. The van der Waals surface area contributed by atoms with Crippen LogP contribution in [-0.2, 0) is 21.7 Å². The molecule has 35 heavy (non-hydrogen) atoms. The molecular weight excluding hydrogens is 448 g/mol. The first-order valence-electron chi connectivity index (χ1n) is 14.1. The molecule has 3 nitrogen and oxygen atoms in total. The van der Waals surface area contributed by atoms with Crippen molar-refractivity contribution in [3.8, 4) is 16.9 Å². The average molecular weight is 499 g/mol. The highest BCUT2D eigenvalue weighted by Crippen LogP contribution is 2.29. The van der Waals surface area contributed by atoms with Gasteiger partial charge < -0.3 is 14.0 Å². The van der Waals surface area contributed by atoms with Gasteiger partial charge >= 0.3 is 9.28 Å². The number of rotatable bonds is 18. The minimum Gasteiger partial charge on any atom is -0.508 e. The molecule has 0 aliphatic rings. The van der Waals surface area contributed by atoms with Gasteiger partial charge in [-0.05, 0) is 93.8 Å². The van der Waals surface area contributed by atoms with Crippen LogP contribution in [0.25, 0.3) is 11.1 Å². The van der Waals surface area contributed by atoms with Gasteiger partial charge in [0.15, 0.2) is 0 Å². The van der Waals surface area contributed by atoms with Gasteiger partial charge in [-0.25, -0.2) is 0 Å². The Morgan fingerprint density at radius 3 is 1.91 bits per heavy atom. The molecule has 0 aromatic heterocycles. The fourth-order valence-electron chi connectivity index (χ4n) is 4.62. The molecular formula is C31H50O3Si. The van der Waals surface area contributed by atoms with Crippen LogP contribution in [0, 0.1) is 0 Å². The van der Waals surface area contributed by atoms with Crippen molar-refractivity contribution in [3.05, 3.63) is 53.6 Å². The Labute approximate surface area is 217 Å². The van der Waals surface area contributed by atoms with E-state index in [0.717, 1.165) is 25.3 Å². The van der Waals surface area contributed by atoms with Crippen molar-refractivity contribution in [1.82, 2.24) is 0 Å². The highest BCUT2D eigenvalue weighted by Gasteiger charge is 2.17. The summed E-state index contributed by atoms with van der Waals surface area (Å²) in [5, 5.41) is 10.1. The topological polar surface area (TPSA) is 38.7 Å². The maximum Gasteiger partial charge on any atom is 0.321 e. The van der Waals surface area contributed by atoms with E-state index in [2.05, 4.69) is 65.0 Å². The van der Waals surface area contributed by atoms with Crippen LogP contribution in [0.4, 0.5) is 0 Å². The summed E-state index contributed by atoms with van der Waals surface area (Å²) in [4.78, 5) is 0. The number of aryl methyl sites for hydroxylation is 2. The van der Waals surface area contributed by atoms with E-state index in [1.54, 1.807) is 6.07 Å². The van der Waals surface area contributed by atoms with Crippen molar-refractivity contribution in [2.75, 3.05) is 0 Å². The fourth-order valence-corrected chi connectivity index (χ4v) is 6.71. The van der Waals surface area contributed by atoms with E-state index in [-0.39, 0.29) is 12.2 Å². The summed E-state index contributed by atoms with van der Waals surface area (Å²) in [5.74, 6) is 0.334. The molecule has 0 bridgehead atoms. The lowest BCUT2D eigenvalue weighted by Crippen LogP contribution is -2.29. The minimum atomic E-state index is -1.69. The molecule has 1 N–H and O–H groups in total. The molecule has 0 saturated carbocycles. The van der Waals surface area contributed by atoms with Crippen molar-refractivity contribution in [3.63, 3.8) is 0 Å². The van der Waals surface area contributed by atoms with Crippen molar-refractivity contribution in [2.45, 2.75) is 123 Å². The number of hydrogen-bond acceptors (Lipinski definition) is 3. The number of benzene rings is 2. The number of phenolic OH excluding ortho intramolecular Hbond substituents is 1. The maximum absolute atomic E-state index is 10.1. The third kappa shape index (κ3) is 12.3. The average Bonchev–Trinajstić information content (AvgIpc) is 2.80. The van der Waals surface area contributed by atoms with E-state index >= 15 is 0 Å². The van der Waals surface area contributed by atoms with E-state index in [0.29, 0.717) is 5.75 Å². The second-order valence-electron chi connectivity index (χ2n) is 10.5.